The molecule has 0 bridgehead atoms. The summed E-state index contributed by atoms with van der Waals surface area (Å²) in [7, 11) is 0. The summed E-state index contributed by atoms with van der Waals surface area (Å²) in [5.41, 5.74) is 15.7. The van der Waals surface area contributed by atoms with Gasteiger partial charge in [-0.15, -0.1) is 0 Å². The molecule has 17 rings (SSSR count). The Hall–Kier alpha value is -11.1. The van der Waals surface area contributed by atoms with E-state index in [2.05, 4.69) is 294 Å². The molecule has 5 nitrogen and oxygen atoms in total. The molecule has 0 saturated heterocycles. The first-order chi connectivity index (χ1) is 41.2. The van der Waals surface area contributed by atoms with Crippen LogP contribution in [0.2, 0.25) is 0 Å². The average Bonchev–Trinajstić information content (AvgIpc) is 2.02. The number of hydrogen-bond donors (Lipinski definition) is 1. The number of aromatic amines is 1. The molecule has 0 aliphatic carbocycles. The van der Waals surface area contributed by atoms with Crippen LogP contribution >= 0.6 is 0 Å². The summed E-state index contributed by atoms with van der Waals surface area (Å²) < 4.78 is 2.51. The SMILES string of the molecule is c1ccc(-c2cc(-c3ccccc3)nc(-c3cccc(-n4c5cc6c7ccccc7c7ccccc7c6cc5c5c6ccccc6c6c7cc(N(c8ccc9ccccc9c8)c8ccccc8-c8ccccc8)ccc7[nH]c6c54)c3)n2)cc1. The lowest BCUT2D eigenvalue weighted by Gasteiger charge is -2.28. The molecule has 0 aliphatic heterocycles. The maximum atomic E-state index is 5.34. The van der Waals surface area contributed by atoms with Gasteiger partial charge in [-0.2, -0.15) is 0 Å². The van der Waals surface area contributed by atoms with Gasteiger partial charge < -0.3 is 14.5 Å². The third kappa shape index (κ3) is 7.49. The third-order valence-corrected chi connectivity index (χ3v) is 17.0. The maximum Gasteiger partial charge on any atom is 0.160 e. The van der Waals surface area contributed by atoms with E-state index in [1.54, 1.807) is 0 Å². The zero-order valence-electron chi connectivity index (χ0n) is 45.0. The van der Waals surface area contributed by atoms with Gasteiger partial charge in [-0.05, 0) is 126 Å². The van der Waals surface area contributed by atoms with Crippen molar-refractivity contribution in [2.75, 3.05) is 4.90 Å². The third-order valence-electron chi connectivity index (χ3n) is 17.0. The van der Waals surface area contributed by atoms with Gasteiger partial charge in [-0.1, -0.05) is 224 Å². The average molecular weight is 1060 g/mol. The molecule has 17 aromatic rings. The van der Waals surface area contributed by atoms with Gasteiger partial charge in [0.05, 0.1) is 33.6 Å². The van der Waals surface area contributed by atoms with E-state index in [1.807, 2.05) is 12.1 Å². The highest BCUT2D eigenvalue weighted by Crippen LogP contribution is 2.49. The van der Waals surface area contributed by atoms with Crippen molar-refractivity contribution >= 4 is 115 Å². The van der Waals surface area contributed by atoms with E-state index in [9.17, 15) is 0 Å². The van der Waals surface area contributed by atoms with E-state index >= 15 is 0 Å². The highest BCUT2D eigenvalue weighted by molar-refractivity contribution is 6.38. The Labute approximate surface area is 478 Å². The van der Waals surface area contributed by atoms with Crippen molar-refractivity contribution in [1.29, 1.82) is 0 Å². The molecule has 0 atom stereocenters. The predicted octanol–water partition coefficient (Wildman–Crippen LogP) is 21.1. The van der Waals surface area contributed by atoms with Crippen molar-refractivity contribution in [3.63, 3.8) is 0 Å². The van der Waals surface area contributed by atoms with Gasteiger partial charge >= 0.3 is 0 Å². The number of H-pyrrole nitrogens is 1. The van der Waals surface area contributed by atoms with Crippen molar-refractivity contribution in [2.24, 2.45) is 0 Å². The normalized spacial score (nSPS) is 11.9. The highest BCUT2D eigenvalue weighted by Gasteiger charge is 2.26. The molecular formula is C78H49N5. The number of nitrogens with one attached hydrogen (secondary N) is 1. The number of fused-ring (bicyclic) bond motifs is 17. The van der Waals surface area contributed by atoms with Crippen LogP contribution in [0.15, 0.2) is 291 Å². The Morgan fingerprint density at radius 2 is 0.855 bits per heavy atom. The number of benzene rings is 14. The van der Waals surface area contributed by atoms with Crippen molar-refractivity contribution in [3.8, 4) is 50.7 Å². The van der Waals surface area contributed by atoms with Crippen LogP contribution in [0.5, 0.6) is 0 Å². The van der Waals surface area contributed by atoms with E-state index in [-0.39, 0.29) is 0 Å². The molecule has 0 fully saturated rings. The maximum absolute atomic E-state index is 5.34. The molecule has 83 heavy (non-hydrogen) atoms. The van der Waals surface area contributed by atoms with E-state index in [0.29, 0.717) is 5.82 Å². The number of anilines is 3. The van der Waals surface area contributed by atoms with E-state index in [0.717, 1.165) is 89.4 Å². The summed E-state index contributed by atoms with van der Waals surface area (Å²) in [5.74, 6) is 0.661. The first-order valence-electron chi connectivity index (χ1n) is 28.4. The summed E-state index contributed by atoms with van der Waals surface area (Å²) in [6, 6.07) is 106. The summed E-state index contributed by atoms with van der Waals surface area (Å²) in [5, 5.41) is 16.9. The molecule has 0 unspecified atom stereocenters. The lowest BCUT2D eigenvalue weighted by molar-refractivity contribution is 1.16. The lowest BCUT2D eigenvalue weighted by Crippen LogP contribution is -2.11. The van der Waals surface area contributed by atoms with E-state index < -0.39 is 0 Å². The largest absolute Gasteiger partial charge is 0.353 e. The molecule has 3 aromatic heterocycles. The molecule has 1 N–H and O–H groups in total. The van der Waals surface area contributed by atoms with E-state index in [4.69, 9.17) is 9.97 Å². The number of nitrogens with zero attached hydrogens (tertiary/aromatic N) is 4. The second kappa shape index (κ2) is 18.7. The smallest absolute Gasteiger partial charge is 0.160 e. The van der Waals surface area contributed by atoms with Gasteiger partial charge in [0.15, 0.2) is 5.82 Å². The molecule has 0 radical (unpaired) electrons. The first kappa shape index (κ1) is 46.7. The molecule has 0 amide bonds. The Bertz CT molecular complexity index is 5390. The molecule has 386 valence electrons. The van der Waals surface area contributed by atoms with Crippen LogP contribution in [0.3, 0.4) is 0 Å². The van der Waals surface area contributed by atoms with Crippen molar-refractivity contribution in [1.82, 2.24) is 19.5 Å². The Kier molecular flexibility index (Phi) is 10.6. The molecular weight excluding hydrogens is 1010 g/mol. The quantitative estimate of drug-likeness (QED) is 0.154. The van der Waals surface area contributed by atoms with Crippen LogP contribution in [-0.4, -0.2) is 19.5 Å². The van der Waals surface area contributed by atoms with Gasteiger partial charge in [-0.25, -0.2) is 9.97 Å². The van der Waals surface area contributed by atoms with E-state index in [1.165, 1.54) is 70.0 Å². The number of aromatic nitrogens is 4. The summed E-state index contributed by atoms with van der Waals surface area (Å²) in [6.07, 6.45) is 0. The molecule has 14 aromatic carbocycles. The van der Waals surface area contributed by atoms with Gasteiger partial charge in [0, 0.05) is 66.4 Å². The van der Waals surface area contributed by atoms with Gasteiger partial charge in [0.2, 0.25) is 0 Å². The van der Waals surface area contributed by atoms with Crippen LogP contribution in [0.1, 0.15) is 0 Å². The molecule has 5 heteroatoms. The van der Waals surface area contributed by atoms with Crippen molar-refractivity contribution in [3.05, 3.63) is 291 Å². The number of hydrogen-bond acceptors (Lipinski definition) is 3. The van der Waals surface area contributed by atoms with Gasteiger partial charge in [0.25, 0.3) is 0 Å². The van der Waals surface area contributed by atoms with Crippen LogP contribution < -0.4 is 4.90 Å². The minimum absolute atomic E-state index is 0.661. The minimum atomic E-state index is 0.661. The molecule has 0 saturated carbocycles. The van der Waals surface area contributed by atoms with Gasteiger partial charge in [0.1, 0.15) is 0 Å². The zero-order chi connectivity index (χ0) is 54.5. The second-order valence-electron chi connectivity index (χ2n) is 21.7. The standard InChI is InChI=1S/C78H49N5/c1-4-22-50(23-5-1)58-31-18-19-38-72(58)82(56-40-39-49-21-10-11-28-53(49)43-56)57-41-42-69-67(45-57)74-63-36-16-17-37-64(63)75-68-46-65-61-34-14-12-32-59(61)60-33-13-15-35-62(60)66(65)47-73(68)83(77(75)76(74)79-69)55-30-20-29-54(44-55)78-80-70(51-24-6-2-7-25-51)48-71(81-78)52-26-8-3-9-27-52/h1-48,79H. The lowest BCUT2D eigenvalue weighted by atomic mass is 9.92. The van der Waals surface area contributed by atoms with Crippen LogP contribution in [0, 0.1) is 0 Å². The summed E-state index contributed by atoms with van der Waals surface area (Å²) >= 11 is 0. The Morgan fingerprint density at radius 3 is 1.54 bits per heavy atom. The fraction of sp³-hybridized carbons (Fsp3) is 0. The highest BCUT2D eigenvalue weighted by atomic mass is 15.1. The zero-order valence-corrected chi connectivity index (χ0v) is 45.0. The number of para-hydroxylation sites is 1. The molecule has 0 spiro atoms. The van der Waals surface area contributed by atoms with Crippen molar-refractivity contribution < 1.29 is 0 Å². The molecule has 0 aliphatic rings. The first-order valence-corrected chi connectivity index (χ1v) is 28.4. The minimum Gasteiger partial charge on any atom is -0.353 e. The fourth-order valence-electron chi connectivity index (χ4n) is 13.3. The Morgan fingerprint density at radius 1 is 0.325 bits per heavy atom. The molecule has 3 heterocycles. The van der Waals surface area contributed by atoms with Gasteiger partial charge in [-0.3, -0.25) is 0 Å². The summed E-state index contributed by atoms with van der Waals surface area (Å²) in [4.78, 5) is 17.3. The van der Waals surface area contributed by atoms with Crippen LogP contribution in [0.25, 0.3) is 148 Å². The predicted molar refractivity (Wildman–Crippen MR) is 350 cm³/mol. The monoisotopic (exact) mass is 1060 g/mol. The Balaban J connectivity index is 0.973. The summed E-state index contributed by atoms with van der Waals surface area (Å²) in [6.45, 7) is 0. The van der Waals surface area contributed by atoms with Crippen LogP contribution in [-0.2, 0) is 0 Å². The van der Waals surface area contributed by atoms with Crippen LogP contribution in [0.4, 0.5) is 17.1 Å². The topological polar surface area (TPSA) is 49.7 Å². The second-order valence-corrected chi connectivity index (χ2v) is 21.7. The number of rotatable bonds is 8. The fourth-order valence-corrected chi connectivity index (χ4v) is 13.3. The van der Waals surface area contributed by atoms with Crippen molar-refractivity contribution in [2.45, 2.75) is 0 Å².